The predicted molar refractivity (Wildman–Crippen MR) is 102 cm³/mol. The first-order valence-electron chi connectivity index (χ1n) is 8.23. The van der Waals surface area contributed by atoms with E-state index in [1.54, 1.807) is 0 Å². The van der Waals surface area contributed by atoms with E-state index in [0.29, 0.717) is 29.0 Å². The monoisotopic (exact) mass is 385 g/mol. The standard InChI is InChI=1S/C19H16ClN3O2S/c1-12-3-2-4-15(11-12)23-17(13-5-7-14(20)8-6-13)21-22-19(23)26-16-9-10-25-18(16)24/h2-8,11,16H,9-10H2,1H3/t16-/m0/s1. The summed E-state index contributed by atoms with van der Waals surface area (Å²) in [5, 5.41) is 9.83. The molecule has 1 aliphatic heterocycles. The number of hydrogen-bond donors (Lipinski definition) is 0. The fourth-order valence-electron chi connectivity index (χ4n) is 2.84. The summed E-state index contributed by atoms with van der Waals surface area (Å²) in [4.78, 5) is 11.9. The molecule has 2 heterocycles. The Hall–Kier alpha value is -2.31. The normalized spacial score (nSPS) is 16.7. The molecule has 1 aromatic heterocycles. The molecule has 0 bridgehead atoms. The van der Waals surface area contributed by atoms with Gasteiger partial charge in [0.1, 0.15) is 5.25 Å². The molecule has 7 heteroatoms. The van der Waals surface area contributed by atoms with Gasteiger partial charge < -0.3 is 4.74 Å². The Kier molecular flexibility index (Phi) is 4.70. The van der Waals surface area contributed by atoms with Crippen LogP contribution < -0.4 is 0 Å². The number of carbonyl (C=O) groups excluding carboxylic acids is 1. The number of carbonyl (C=O) groups is 1. The van der Waals surface area contributed by atoms with Gasteiger partial charge in [-0.05, 0) is 48.9 Å². The molecule has 0 amide bonds. The van der Waals surface area contributed by atoms with Crippen LogP contribution in [0.5, 0.6) is 0 Å². The van der Waals surface area contributed by atoms with Crippen LogP contribution in [0.1, 0.15) is 12.0 Å². The molecule has 1 atom stereocenters. The molecular formula is C19H16ClN3O2S. The van der Waals surface area contributed by atoms with E-state index >= 15 is 0 Å². The number of hydrogen-bond acceptors (Lipinski definition) is 5. The molecule has 3 aromatic rings. The molecule has 4 rings (SSSR count). The number of thioether (sulfide) groups is 1. The van der Waals surface area contributed by atoms with Crippen LogP contribution in [0.2, 0.25) is 5.02 Å². The van der Waals surface area contributed by atoms with Gasteiger partial charge in [-0.2, -0.15) is 0 Å². The zero-order valence-corrected chi connectivity index (χ0v) is 15.6. The first-order valence-corrected chi connectivity index (χ1v) is 9.49. The second-order valence-electron chi connectivity index (χ2n) is 6.05. The van der Waals surface area contributed by atoms with E-state index in [1.165, 1.54) is 11.8 Å². The van der Waals surface area contributed by atoms with Crippen LogP contribution >= 0.6 is 23.4 Å². The molecule has 0 aliphatic carbocycles. The lowest BCUT2D eigenvalue weighted by Gasteiger charge is -2.12. The number of nitrogens with zero attached hydrogens (tertiary/aromatic N) is 3. The number of halogens is 1. The van der Waals surface area contributed by atoms with Crippen LogP contribution in [0.3, 0.4) is 0 Å². The molecule has 2 aromatic carbocycles. The third-order valence-electron chi connectivity index (χ3n) is 4.13. The summed E-state index contributed by atoms with van der Waals surface area (Å²) in [6.07, 6.45) is 0.681. The third kappa shape index (κ3) is 3.34. The fourth-order valence-corrected chi connectivity index (χ4v) is 3.99. The molecule has 0 unspecified atom stereocenters. The van der Waals surface area contributed by atoms with Gasteiger partial charge in [-0.15, -0.1) is 10.2 Å². The highest BCUT2D eigenvalue weighted by Gasteiger charge is 2.30. The van der Waals surface area contributed by atoms with Gasteiger partial charge in [0.2, 0.25) is 0 Å². The third-order valence-corrected chi connectivity index (χ3v) is 5.57. The van der Waals surface area contributed by atoms with Gasteiger partial charge in [0.05, 0.1) is 6.61 Å². The van der Waals surface area contributed by atoms with E-state index in [0.717, 1.165) is 16.8 Å². The number of aryl methyl sites for hydroxylation is 1. The summed E-state index contributed by atoms with van der Waals surface area (Å²) in [5.41, 5.74) is 2.99. The molecule has 5 nitrogen and oxygen atoms in total. The maximum atomic E-state index is 11.9. The molecule has 1 saturated heterocycles. The van der Waals surface area contributed by atoms with Gasteiger partial charge in [-0.25, -0.2) is 0 Å². The number of aromatic nitrogens is 3. The van der Waals surface area contributed by atoms with Crippen molar-refractivity contribution in [3.63, 3.8) is 0 Å². The van der Waals surface area contributed by atoms with Gasteiger partial charge in [0.15, 0.2) is 11.0 Å². The second-order valence-corrected chi connectivity index (χ2v) is 7.66. The Labute approximate surface area is 160 Å². The molecule has 0 saturated carbocycles. The first kappa shape index (κ1) is 17.1. The summed E-state index contributed by atoms with van der Waals surface area (Å²) in [6, 6.07) is 15.6. The number of ether oxygens (including phenoxy) is 1. The minimum Gasteiger partial charge on any atom is -0.465 e. The molecule has 1 aliphatic rings. The molecular weight excluding hydrogens is 370 g/mol. The zero-order chi connectivity index (χ0) is 18.1. The maximum Gasteiger partial charge on any atom is 0.319 e. The van der Waals surface area contributed by atoms with Crippen molar-refractivity contribution in [1.82, 2.24) is 14.8 Å². The molecule has 0 N–H and O–H groups in total. The molecule has 1 fully saturated rings. The van der Waals surface area contributed by atoms with Crippen LogP contribution in [-0.2, 0) is 9.53 Å². The Balaban J connectivity index is 1.81. The lowest BCUT2D eigenvalue weighted by molar-refractivity contribution is -0.137. The molecule has 0 radical (unpaired) electrons. The quantitative estimate of drug-likeness (QED) is 0.626. The predicted octanol–water partition coefficient (Wildman–Crippen LogP) is 4.30. The summed E-state index contributed by atoms with van der Waals surface area (Å²) >= 11 is 7.41. The number of cyclic esters (lactones) is 1. The van der Waals surface area contributed by atoms with E-state index in [-0.39, 0.29) is 11.2 Å². The first-order chi connectivity index (χ1) is 12.6. The molecule has 0 spiro atoms. The van der Waals surface area contributed by atoms with Gasteiger partial charge in [-0.1, -0.05) is 35.5 Å². The van der Waals surface area contributed by atoms with Gasteiger partial charge in [0.25, 0.3) is 0 Å². The van der Waals surface area contributed by atoms with E-state index in [2.05, 4.69) is 16.3 Å². The Morgan fingerprint density at radius 2 is 2.00 bits per heavy atom. The average Bonchev–Trinajstić information content (AvgIpc) is 3.23. The number of benzene rings is 2. The summed E-state index contributed by atoms with van der Waals surface area (Å²) < 4.78 is 7.05. The van der Waals surface area contributed by atoms with Crippen molar-refractivity contribution in [1.29, 1.82) is 0 Å². The summed E-state index contributed by atoms with van der Waals surface area (Å²) in [6.45, 7) is 2.50. The van der Waals surface area contributed by atoms with Crippen molar-refractivity contribution in [2.45, 2.75) is 23.8 Å². The van der Waals surface area contributed by atoms with Crippen LogP contribution in [0.25, 0.3) is 17.1 Å². The van der Waals surface area contributed by atoms with Crippen molar-refractivity contribution in [2.75, 3.05) is 6.61 Å². The van der Waals surface area contributed by atoms with Gasteiger partial charge in [0, 0.05) is 22.7 Å². The molecule has 132 valence electrons. The number of esters is 1. The fraction of sp³-hybridized carbons (Fsp3) is 0.211. The van der Waals surface area contributed by atoms with Crippen LogP contribution in [-0.4, -0.2) is 32.6 Å². The van der Waals surface area contributed by atoms with Crippen molar-refractivity contribution in [2.24, 2.45) is 0 Å². The van der Waals surface area contributed by atoms with Crippen LogP contribution in [0.4, 0.5) is 0 Å². The SMILES string of the molecule is Cc1cccc(-n2c(S[C@H]3CCOC3=O)nnc2-c2ccc(Cl)cc2)c1. The van der Waals surface area contributed by atoms with Crippen LogP contribution in [0.15, 0.2) is 53.7 Å². The lowest BCUT2D eigenvalue weighted by atomic mass is 10.2. The van der Waals surface area contributed by atoms with Crippen molar-refractivity contribution >= 4 is 29.3 Å². The summed E-state index contributed by atoms with van der Waals surface area (Å²) in [7, 11) is 0. The maximum absolute atomic E-state index is 11.9. The highest BCUT2D eigenvalue weighted by molar-refractivity contribution is 8.00. The topological polar surface area (TPSA) is 57.0 Å². The van der Waals surface area contributed by atoms with E-state index in [4.69, 9.17) is 16.3 Å². The van der Waals surface area contributed by atoms with Gasteiger partial charge >= 0.3 is 5.97 Å². The molecule has 26 heavy (non-hydrogen) atoms. The minimum atomic E-state index is -0.249. The Bertz CT molecular complexity index is 956. The number of rotatable bonds is 4. The summed E-state index contributed by atoms with van der Waals surface area (Å²) in [5.74, 6) is 0.517. The average molecular weight is 386 g/mol. The zero-order valence-electron chi connectivity index (χ0n) is 14.1. The minimum absolute atomic E-state index is 0.193. The Morgan fingerprint density at radius 1 is 1.19 bits per heavy atom. The smallest absolute Gasteiger partial charge is 0.319 e. The van der Waals surface area contributed by atoms with Crippen molar-refractivity contribution in [3.05, 3.63) is 59.1 Å². The lowest BCUT2D eigenvalue weighted by Crippen LogP contribution is -2.11. The van der Waals surface area contributed by atoms with Crippen LogP contribution in [0, 0.1) is 6.92 Å². The highest BCUT2D eigenvalue weighted by atomic mass is 35.5. The van der Waals surface area contributed by atoms with E-state index < -0.39 is 0 Å². The van der Waals surface area contributed by atoms with Crippen molar-refractivity contribution < 1.29 is 9.53 Å². The van der Waals surface area contributed by atoms with E-state index in [1.807, 2.05) is 54.0 Å². The largest absolute Gasteiger partial charge is 0.465 e. The highest BCUT2D eigenvalue weighted by Crippen LogP contribution is 2.33. The van der Waals surface area contributed by atoms with Crippen molar-refractivity contribution in [3.8, 4) is 17.1 Å². The van der Waals surface area contributed by atoms with E-state index in [9.17, 15) is 4.79 Å². The second kappa shape index (κ2) is 7.13. The van der Waals surface area contributed by atoms with Gasteiger partial charge in [-0.3, -0.25) is 9.36 Å². The Morgan fingerprint density at radius 3 is 2.69 bits per heavy atom.